The Hall–Kier alpha value is -3.29. The van der Waals surface area contributed by atoms with Crippen molar-refractivity contribution < 1.29 is 28.6 Å². The van der Waals surface area contributed by atoms with Gasteiger partial charge in [-0.05, 0) is 54.5 Å². The Bertz CT molecular complexity index is 987. The minimum atomic E-state index is -1.87. The smallest absolute Gasteiger partial charge is 0.341 e. The van der Waals surface area contributed by atoms with Crippen LogP contribution in [0.4, 0.5) is 5.69 Å². The molecule has 3 rings (SSSR count). The molecule has 166 valence electrons. The van der Waals surface area contributed by atoms with Gasteiger partial charge in [-0.3, -0.25) is 4.79 Å². The van der Waals surface area contributed by atoms with E-state index in [-0.39, 0.29) is 22.8 Å². The lowest BCUT2D eigenvalue weighted by molar-refractivity contribution is -0.153. The number of hydrogen-bond acceptors (Lipinski definition) is 7. The highest BCUT2D eigenvalue weighted by Crippen LogP contribution is 2.52. The quantitative estimate of drug-likeness (QED) is 0.695. The fourth-order valence-corrected chi connectivity index (χ4v) is 3.80. The molecular weight excluding hydrogens is 400 g/mol. The van der Waals surface area contributed by atoms with Crippen molar-refractivity contribution in [3.05, 3.63) is 52.6 Å². The van der Waals surface area contributed by atoms with Crippen molar-refractivity contribution in [1.29, 1.82) is 0 Å². The molecule has 0 aromatic heterocycles. The van der Waals surface area contributed by atoms with Crippen LogP contribution in [-0.4, -0.2) is 29.0 Å². The van der Waals surface area contributed by atoms with Crippen molar-refractivity contribution in [1.82, 2.24) is 0 Å². The minimum absolute atomic E-state index is 0.0749. The Labute approximate surface area is 181 Å². The predicted octanol–water partition coefficient (Wildman–Crippen LogP) is 3.03. The topological polar surface area (TPSA) is 117 Å². The summed E-state index contributed by atoms with van der Waals surface area (Å²) < 4.78 is 16.7. The van der Waals surface area contributed by atoms with E-state index in [1.54, 1.807) is 65.8 Å². The molecule has 1 spiro atoms. The molecule has 2 heterocycles. The van der Waals surface area contributed by atoms with E-state index in [0.29, 0.717) is 11.3 Å². The summed E-state index contributed by atoms with van der Waals surface area (Å²) in [5.41, 5.74) is 3.04. The van der Waals surface area contributed by atoms with E-state index >= 15 is 0 Å². The van der Waals surface area contributed by atoms with Crippen LogP contribution in [0.5, 0.6) is 0 Å². The van der Waals surface area contributed by atoms with E-state index < -0.39 is 34.5 Å². The molecule has 1 unspecified atom stereocenters. The summed E-state index contributed by atoms with van der Waals surface area (Å²) in [7, 11) is 0. The van der Waals surface area contributed by atoms with E-state index in [1.165, 1.54) is 6.92 Å². The Morgan fingerprint density at radius 1 is 0.968 bits per heavy atom. The van der Waals surface area contributed by atoms with E-state index in [2.05, 4.69) is 5.32 Å². The van der Waals surface area contributed by atoms with Crippen molar-refractivity contribution in [2.24, 2.45) is 5.73 Å². The lowest BCUT2D eigenvalue weighted by Gasteiger charge is -2.37. The van der Waals surface area contributed by atoms with Crippen LogP contribution >= 0.6 is 0 Å². The molecule has 0 bridgehead atoms. The van der Waals surface area contributed by atoms with Gasteiger partial charge in [0.05, 0.1) is 0 Å². The van der Waals surface area contributed by atoms with E-state index in [9.17, 15) is 14.4 Å². The maximum atomic E-state index is 13.6. The van der Waals surface area contributed by atoms with Crippen molar-refractivity contribution in [2.75, 3.05) is 5.32 Å². The van der Waals surface area contributed by atoms with Gasteiger partial charge in [-0.2, -0.15) is 0 Å². The summed E-state index contributed by atoms with van der Waals surface area (Å²) in [6.45, 7) is 11.7. The molecule has 0 aliphatic carbocycles. The Morgan fingerprint density at radius 2 is 1.48 bits per heavy atom. The third-order valence-corrected chi connectivity index (χ3v) is 4.74. The second-order valence-corrected chi connectivity index (χ2v) is 9.53. The fourth-order valence-electron chi connectivity index (χ4n) is 3.80. The number of carbonyl (C=O) groups excluding carboxylic acids is 3. The van der Waals surface area contributed by atoms with Gasteiger partial charge in [0.15, 0.2) is 0 Å². The number of benzene rings is 1. The van der Waals surface area contributed by atoms with Crippen LogP contribution in [0.2, 0.25) is 0 Å². The fraction of sp³-hybridized carbons (Fsp3) is 0.435. The number of rotatable bonds is 2. The first-order valence-electron chi connectivity index (χ1n) is 9.95. The lowest BCUT2D eigenvalue weighted by atomic mass is 9.67. The van der Waals surface area contributed by atoms with E-state index in [1.807, 2.05) is 0 Å². The van der Waals surface area contributed by atoms with Gasteiger partial charge in [0.1, 0.15) is 33.5 Å². The lowest BCUT2D eigenvalue weighted by Crippen LogP contribution is -2.49. The molecule has 0 fully saturated rings. The van der Waals surface area contributed by atoms with Crippen molar-refractivity contribution >= 4 is 23.5 Å². The average molecular weight is 428 g/mol. The second kappa shape index (κ2) is 7.14. The molecule has 2 aliphatic heterocycles. The van der Waals surface area contributed by atoms with Crippen LogP contribution < -0.4 is 11.1 Å². The first-order chi connectivity index (χ1) is 14.2. The normalized spacial score (nSPS) is 20.9. The number of nitrogens with one attached hydrogen (secondary N) is 1. The van der Waals surface area contributed by atoms with Gasteiger partial charge in [-0.15, -0.1) is 0 Å². The average Bonchev–Trinajstić information content (AvgIpc) is 2.84. The second-order valence-electron chi connectivity index (χ2n) is 9.53. The van der Waals surface area contributed by atoms with E-state index in [4.69, 9.17) is 19.9 Å². The zero-order chi connectivity index (χ0) is 23.4. The van der Waals surface area contributed by atoms with E-state index in [0.717, 1.165) is 0 Å². The number of hydrogen-bond donors (Lipinski definition) is 2. The maximum Gasteiger partial charge on any atom is 0.341 e. The number of ether oxygens (including phenoxy) is 3. The number of carbonyl (C=O) groups is 3. The molecule has 1 atom stereocenters. The Morgan fingerprint density at radius 3 is 2.03 bits per heavy atom. The molecule has 0 radical (unpaired) electrons. The number of allylic oxidation sites excluding steroid dienone is 1. The van der Waals surface area contributed by atoms with Gasteiger partial charge in [0, 0.05) is 11.3 Å². The van der Waals surface area contributed by atoms with Gasteiger partial charge >= 0.3 is 11.9 Å². The van der Waals surface area contributed by atoms with Crippen LogP contribution in [0.25, 0.3) is 0 Å². The first kappa shape index (κ1) is 22.4. The highest BCUT2D eigenvalue weighted by atomic mass is 16.6. The van der Waals surface area contributed by atoms with Gasteiger partial charge < -0.3 is 25.3 Å². The zero-order valence-corrected chi connectivity index (χ0v) is 18.8. The molecule has 0 saturated carbocycles. The first-order valence-corrected chi connectivity index (χ1v) is 9.95. The molecular formula is C23H28N2O6. The Kier molecular flexibility index (Phi) is 5.16. The Balaban J connectivity index is 2.33. The standard InChI is InChI=1S/C23H28N2O6/c1-12-15(18(26)30-21(2,3)4)23(13-10-8-9-11-14(13)25-20(23)28)16(17(24)29-12)19(27)31-22(5,6)7/h8-11H,24H2,1-7H3,(H,25,28). The molecule has 1 aromatic rings. The SMILES string of the molecule is CC1=C(C(=O)OC(C)(C)C)C2(C(=O)Nc3ccccc32)C(C(=O)OC(C)(C)C)=C(N)O1. The number of fused-ring (bicyclic) bond motifs is 2. The summed E-state index contributed by atoms with van der Waals surface area (Å²) in [4.78, 5) is 40.2. The van der Waals surface area contributed by atoms with Crippen LogP contribution in [0.3, 0.4) is 0 Å². The van der Waals surface area contributed by atoms with Crippen molar-refractivity contribution in [3.63, 3.8) is 0 Å². The third-order valence-electron chi connectivity index (χ3n) is 4.74. The largest absolute Gasteiger partial charge is 0.456 e. The predicted molar refractivity (Wildman–Crippen MR) is 113 cm³/mol. The zero-order valence-electron chi connectivity index (χ0n) is 18.8. The molecule has 1 aromatic carbocycles. The molecule has 0 saturated heterocycles. The summed E-state index contributed by atoms with van der Waals surface area (Å²) in [6.07, 6.45) is 0. The highest BCUT2D eigenvalue weighted by Gasteiger charge is 2.62. The molecule has 31 heavy (non-hydrogen) atoms. The highest BCUT2D eigenvalue weighted by molar-refractivity contribution is 6.21. The van der Waals surface area contributed by atoms with Crippen molar-refractivity contribution in [3.8, 4) is 0 Å². The molecule has 2 aliphatic rings. The number of anilines is 1. The molecule has 3 N–H and O–H groups in total. The molecule has 8 nitrogen and oxygen atoms in total. The summed E-state index contributed by atoms with van der Waals surface area (Å²) in [5.74, 6) is -2.48. The number of para-hydroxylation sites is 1. The minimum Gasteiger partial charge on any atom is -0.456 e. The maximum absolute atomic E-state index is 13.6. The van der Waals surface area contributed by atoms with Gasteiger partial charge in [0.2, 0.25) is 11.8 Å². The van der Waals surface area contributed by atoms with Crippen LogP contribution in [0, 0.1) is 0 Å². The summed E-state index contributed by atoms with van der Waals surface area (Å²) in [5, 5.41) is 2.76. The van der Waals surface area contributed by atoms with Crippen LogP contribution in [-0.2, 0) is 34.0 Å². The van der Waals surface area contributed by atoms with Gasteiger partial charge in [0.25, 0.3) is 0 Å². The van der Waals surface area contributed by atoms with Crippen LogP contribution in [0.15, 0.2) is 47.1 Å². The van der Waals surface area contributed by atoms with Crippen LogP contribution in [0.1, 0.15) is 54.0 Å². The van der Waals surface area contributed by atoms with Gasteiger partial charge in [-0.25, -0.2) is 9.59 Å². The number of nitrogens with two attached hydrogens (primary N) is 1. The van der Waals surface area contributed by atoms with Crippen molar-refractivity contribution in [2.45, 2.75) is 65.1 Å². The number of amides is 1. The third kappa shape index (κ3) is 3.78. The summed E-state index contributed by atoms with van der Waals surface area (Å²) >= 11 is 0. The molecule has 1 amide bonds. The number of esters is 2. The van der Waals surface area contributed by atoms with Gasteiger partial charge in [-0.1, -0.05) is 18.2 Å². The molecule has 8 heteroatoms. The summed E-state index contributed by atoms with van der Waals surface area (Å²) in [6, 6.07) is 6.79. The monoisotopic (exact) mass is 428 g/mol.